The van der Waals surface area contributed by atoms with E-state index in [9.17, 15) is 14.4 Å². The molecule has 2 amide bonds. The Hall–Kier alpha value is -3.61. The highest BCUT2D eigenvalue weighted by Gasteiger charge is 2.32. The Morgan fingerprint density at radius 2 is 1.71 bits per heavy atom. The van der Waals surface area contributed by atoms with Gasteiger partial charge >= 0.3 is 5.97 Å². The molecule has 1 fully saturated rings. The molecule has 2 N–H and O–H groups in total. The van der Waals surface area contributed by atoms with E-state index in [1.165, 1.54) is 13.0 Å². The van der Waals surface area contributed by atoms with E-state index < -0.39 is 24.0 Å². The number of benzene rings is 2. The van der Waals surface area contributed by atoms with Crippen LogP contribution in [0.2, 0.25) is 0 Å². The summed E-state index contributed by atoms with van der Waals surface area (Å²) < 4.78 is 10.6. The average molecular weight is 422 g/mol. The number of amides is 2. The minimum atomic E-state index is -1.07. The highest BCUT2D eigenvalue weighted by Crippen LogP contribution is 2.23. The molecule has 162 valence electrons. The fourth-order valence-corrected chi connectivity index (χ4v) is 2.83. The first-order valence-corrected chi connectivity index (χ1v) is 10.1. The second-order valence-corrected chi connectivity index (χ2v) is 7.35. The number of ether oxygens (including phenoxy) is 2. The molecule has 1 saturated carbocycles. The zero-order valence-electron chi connectivity index (χ0n) is 17.5. The van der Waals surface area contributed by atoms with E-state index in [0.717, 1.165) is 24.2 Å². The van der Waals surface area contributed by atoms with Gasteiger partial charge in [0.1, 0.15) is 11.8 Å². The van der Waals surface area contributed by atoms with Crippen LogP contribution in [0, 0.1) is 0 Å². The Balaban J connectivity index is 1.58. The van der Waals surface area contributed by atoms with Crippen LogP contribution < -0.4 is 15.4 Å². The molecule has 0 bridgehead atoms. The number of hydrogen-bond acceptors (Lipinski definition) is 5. The molecule has 2 aromatic rings. The highest BCUT2D eigenvalue weighted by molar-refractivity contribution is 5.95. The molecule has 1 aliphatic rings. The fraction of sp³-hybridized carbons (Fsp3) is 0.292. The SMILES string of the molecule is COc1ccc(C=CC(=O)N[C@@H](C)C(=O)OC(C(=O)NC2CC2)c2ccccc2)cc1. The third-order valence-corrected chi connectivity index (χ3v) is 4.75. The lowest BCUT2D eigenvalue weighted by atomic mass is 10.1. The molecule has 7 heteroatoms. The van der Waals surface area contributed by atoms with Gasteiger partial charge in [-0.25, -0.2) is 4.79 Å². The monoisotopic (exact) mass is 422 g/mol. The summed E-state index contributed by atoms with van der Waals surface area (Å²) in [4.78, 5) is 37.3. The van der Waals surface area contributed by atoms with Gasteiger partial charge in [0.2, 0.25) is 12.0 Å². The third kappa shape index (κ3) is 6.70. The summed E-state index contributed by atoms with van der Waals surface area (Å²) in [6.07, 6.45) is 3.74. The second kappa shape index (κ2) is 10.4. The average Bonchev–Trinajstić information content (AvgIpc) is 3.60. The Morgan fingerprint density at radius 1 is 1.03 bits per heavy atom. The van der Waals surface area contributed by atoms with Crippen molar-refractivity contribution in [1.82, 2.24) is 10.6 Å². The van der Waals surface area contributed by atoms with Gasteiger partial charge in [-0.2, -0.15) is 0 Å². The molecule has 2 aromatic carbocycles. The summed E-state index contributed by atoms with van der Waals surface area (Å²) >= 11 is 0. The molecular formula is C24H26N2O5. The van der Waals surface area contributed by atoms with Gasteiger partial charge in [0.05, 0.1) is 7.11 Å². The third-order valence-electron chi connectivity index (χ3n) is 4.75. The lowest BCUT2D eigenvalue weighted by Crippen LogP contribution is -2.41. The molecule has 1 unspecified atom stereocenters. The van der Waals surface area contributed by atoms with Crippen molar-refractivity contribution in [3.05, 3.63) is 71.8 Å². The van der Waals surface area contributed by atoms with E-state index in [0.29, 0.717) is 5.56 Å². The van der Waals surface area contributed by atoms with E-state index in [1.54, 1.807) is 49.6 Å². The zero-order valence-corrected chi connectivity index (χ0v) is 17.5. The number of esters is 1. The van der Waals surface area contributed by atoms with E-state index in [1.807, 2.05) is 18.2 Å². The Labute approximate surface area is 181 Å². The van der Waals surface area contributed by atoms with Crippen LogP contribution in [0.1, 0.15) is 37.0 Å². The molecule has 0 aromatic heterocycles. The molecule has 2 atom stereocenters. The molecule has 0 aliphatic heterocycles. The van der Waals surface area contributed by atoms with Gasteiger partial charge in [-0.3, -0.25) is 9.59 Å². The lowest BCUT2D eigenvalue weighted by Gasteiger charge is -2.20. The van der Waals surface area contributed by atoms with Gasteiger partial charge in [0, 0.05) is 17.7 Å². The molecule has 0 heterocycles. The quantitative estimate of drug-likeness (QED) is 0.479. The summed E-state index contributed by atoms with van der Waals surface area (Å²) in [5, 5.41) is 5.43. The van der Waals surface area contributed by atoms with Crippen LogP contribution in [-0.4, -0.2) is 37.0 Å². The van der Waals surface area contributed by atoms with Gasteiger partial charge in [-0.1, -0.05) is 42.5 Å². The molecule has 0 radical (unpaired) electrons. The summed E-state index contributed by atoms with van der Waals surface area (Å²) in [6, 6.07) is 15.2. The second-order valence-electron chi connectivity index (χ2n) is 7.35. The van der Waals surface area contributed by atoms with Crippen molar-refractivity contribution in [3.8, 4) is 5.75 Å². The van der Waals surface area contributed by atoms with E-state index in [-0.39, 0.29) is 11.9 Å². The number of carbonyl (C=O) groups is 3. The Kier molecular flexibility index (Phi) is 7.43. The minimum absolute atomic E-state index is 0.137. The molecule has 7 nitrogen and oxygen atoms in total. The predicted molar refractivity (Wildman–Crippen MR) is 116 cm³/mol. The van der Waals surface area contributed by atoms with Gasteiger partial charge in [-0.05, 0) is 43.5 Å². The van der Waals surface area contributed by atoms with Crippen molar-refractivity contribution in [1.29, 1.82) is 0 Å². The first kappa shape index (κ1) is 22.1. The number of hydrogen-bond donors (Lipinski definition) is 2. The summed E-state index contributed by atoms with van der Waals surface area (Å²) in [7, 11) is 1.58. The van der Waals surface area contributed by atoms with Crippen LogP contribution in [0.4, 0.5) is 0 Å². The van der Waals surface area contributed by atoms with Crippen molar-refractivity contribution in [2.75, 3.05) is 7.11 Å². The van der Waals surface area contributed by atoms with Crippen LogP contribution in [0.15, 0.2) is 60.7 Å². The number of methoxy groups -OCH3 is 1. The zero-order chi connectivity index (χ0) is 22.2. The summed E-state index contributed by atoms with van der Waals surface area (Å²) in [5.41, 5.74) is 1.39. The van der Waals surface area contributed by atoms with Crippen LogP contribution in [0.3, 0.4) is 0 Å². The lowest BCUT2D eigenvalue weighted by molar-refractivity contribution is -0.158. The number of nitrogens with one attached hydrogen (secondary N) is 2. The maximum absolute atomic E-state index is 12.6. The topological polar surface area (TPSA) is 93.7 Å². The highest BCUT2D eigenvalue weighted by atomic mass is 16.5. The predicted octanol–water partition coefficient (Wildman–Crippen LogP) is 2.78. The number of carbonyl (C=O) groups excluding carboxylic acids is 3. The van der Waals surface area contributed by atoms with Crippen molar-refractivity contribution in [2.24, 2.45) is 0 Å². The first-order valence-electron chi connectivity index (χ1n) is 10.1. The first-order chi connectivity index (χ1) is 15.0. The van der Waals surface area contributed by atoms with Crippen molar-refractivity contribution in [2.45, 2.75) is 38.0 Å². The van der Waals surface area contributed by atoms with Crippen LogP contribution >= 0.6 is 0 Å². The molecule has 0 spiro atoms. The smallest absolute Gasteiger partial charge is 0.329 e. The van der Waals surface area contributed by atoms with E-state index in [4.69, 9.17) is 9.47 Å². The fourth-order valence-electron chi connectivity index (χ4n) is 2.83. The van der Waals surface area contributed by atoms with Crippen LogP contribution in [-0.2, 0) is 19.1 Å². The normalized spacial score (nSPS) is 15.0. The molecule has 31 heavy (non-hydrogen) atoms. The van der Waals surface area contributed by atoms with Gasteiger partial charge in [0.15, 0.2) is 0 Å². The summed E-state index contributed by atoms with van der Waals surface area (Å²) in [5.74, 6) is -0.776. The van der Waals surface area contributed by atoms with Crippen molar-refractivity contribution >= 4 is 23.9 Å². The summed E-state index contributed by atoms with van der Waals surface area (Å²) in [6.45, 7) is 1.52. The van der Waals surface area contributed by atoms with Crippen LogP contribution in [0.25, 0.3) is 6.08 Å². The van der Waals surface area contributed by atoms with E-state index >= 15 is 0 Å². The van der Waals surface area contributed by atoms with E-state index in [2.05, 4.69) is 10.6 Å². The molecular weight excluding hydrogens is 396 g/mol. The van der Waals surface area contributed by atoms with Crippen LogP contribution in [0.5, 0.6) is 5.75 Å². The molecule has 3 rings (SSSR count). The Morgan fingerprint density at radius 3 is 2.32 bits per heavy atom. The van der Waals surface area contributed by atoms with Gasteiger partial charge < -0.3 is 20.1 Å². The minimum Gasteiger partial charge on any atom is -0.497 e. The van der Waals surface area contributed by atoms with Crippen molar-refractivity contribution in [3.63, 3.8) is 0 Å². The molecule has 0 saturated heterocycles. The van der Waals surface area contributed by atoms with Gasteiger partial charge in [0.25, 0.3) is 5.91 Å². The molecule has 1 aliphatic carbocycles. The van der Waals surface area contributed by atoms with Gasteiger partial charge in [-0.15, -0.1) is 0 Å². The largest absolute Gasteiger partial charge is 0.497 e. The standard InChI is InChI=1S/C24H26N2O5/c1-16(25-21(27)15-10-17-8-13-20(30-2)14-9-17)24(29)31-22(18-6-4-3-5-7-18)23(28)26-19-11-12-19/h3-10,13-16,19,22H,11-12H2,1-2H3,(H,25,27)(H,26,28)/t16-,22?/m0/s1. The maximum atomic E-state index is 12.6. The maximum Gasteiger partial charge on any atom is 0.329 e. The number of rotatable bonds is 9. The van der Waals surface area contributed by atoms with Crippen molar-refractivity contribution < 1.29 is 23.9 Å². The Bertz CT molecular complexity index is 936.